The third kappa shape index (κ3) is 4.39. The zero-order valence-electron chi connectivity index (χ0n) is 16.4. The van der Waals surface area contributed by atoms with Crippen molar-refractivity contribution in [1.29, 1.82) is 0 Å². The molecule has 8 heteroatoms. The second-order valence-corrected chi connectivity index (χ2v) is 7.63. The van der Waals surface area contributed by atoms with Crippen molar-refractivity contribution in [3.05, 3.63) is 41.7 Å². The van der Waals surface area contributed by atoms with Gasteiger partial charge in [0.05, 0.1) is 6.04 Å². The van der Waals surface area contributed by atoms with Crippen LogP contribution in [0.3, 0.4) is 0 Å². The van der Waals surface area contributed by atoms with Crippen LogP contribution in [0.5, 0.6) is 0 Å². The van der Waals surface area contributed by atoms with Gasteiger partial charge in [-0.15, -0.1) is 0 Å². The molecule has 2 aliphatic heterocycles. The van der Waals surface area contributed by atoms with Gasteiger partial charge in [-0.3, -0.25) is 19.8 Å². The molecule has 2 aromatic heterocycles. The first-order valence-corrected chi connectivity index (χ1v) is 10.1. The smallest absolute Gasteiger partial charge is 0.225 e. The number of carbonyl (C=O) groups is 1. The Morgan fingerprint density at radius 1 is 1.25 bits per heavy atom. The second kappa shape index (κ2) is 8.79. The average Bonchev–Trinajstić information content (AvgIpc) is 3.05. The van der Waals surface area contributed by atoms with Crippen LogP contribution in [0.1, 0.15) is 42.5 Å². The van der Waals surface area contributed by atoms with E-state index in [1.165, 1.54) is 0 Å². The Kier molecular flexibility index (Phi) is 5.97. The molecule has 0 spiro atoms. The minimum absolute atomic E-state index is 0.0812. The van der Waals surface area contributed by atoms with Crippen LogP contribution in [-0.4, -0.2) is 68.7 Å². The topological polar surface area (TPSA) is 87.2 Å². The number of carbonyl (C=O) groups excluding carboxylic acids is 1. The highest BCUT2D eigenvalue weighted by Crippen LogP contribution is 2.28. The number of hydrogen-bond acceptors (Lipinski definition) is 6. The van der Waals surface area contributed by atoms with Gasteiger partial charge in [0, 0.05) is 57.7 Å². The van der Waals surface area contributed by atoms with Crippen LogP contribution in [0.2, 0.25) is 0 Å². The summed E-state index contributed by atoms with van der Waals surface area (Å²) in [7, 11) is 0. The lowest BCUT2D eigenvalue weighted by atomic mass is 9.98. The van der Waals surface area contributed by atoms with E-state index in [-0.39, 0.29) is 17.9 Å². The number of hydrogen-bond donors (Lipinski definition) is 1. The third-order valence-corrected chi connectivity index (χ3v) is 5.67. The van der Waals surface area contributed by atoms with Crippen LogP contribution in [0.25, 0.3) is 0 Å². The molecular weight excluding hydrogens is 356 g/mol. The van der Waals surface area contributed by atoms with Crippen LogP contribution in [0.15, 0.2) is 24.5 Å². The normalized spacial score (nSPS) is 22.2. The average molecular weight is 384 g/mol. The number of pyridine rings is 1. The predicted octanol–water partition coefficient (Wildman–Crippen LogP) is 1.71. The molecule has 4 heterocycles. The van der Waals surface area contributed by atoms with E-state index in [9.17, 15) is 4.79 Å². The summed E-state index contributed by atoms with van der Waals surface area (Å²) in [6.45, 7) is 6.33. The van der Waals surface area contributed by atoms with E-state index in [1.807, 2.05) is 24.1 Å². The highest BCUT2D eigenvalue weighted by Gasteiger charge is 2.32. The van der Waals surface area contributed by atoms with E-state index in [4.69, 9.17) is 4.74 Å². The number of aryl methyl sites for hydroxylation is 1. The number of aromatic nitrogens is 4. The molecular formula is C20H28N6O2. The molecule has 28 heavy (non-hydrogen) atoms. The molecule has 1 N–H and O–H groups in total. The SMILES string of the molecule is Cc1nc(C2CCN(C(=O)C3CCOCC3)CCN2Cc2cccnc2)n[nH]1. The molecule has 0 radical (unpaired) electrons. The summed E-state index contributed by atoms with van der Waals surface area (Å²) in [5, 5.41) is 7.38. The third-order valence-electron chi connectivity index (χ3n) is 5.67. The lowest BCUT2D eigenvalue weighted by molar-refractivity contribution is -0.138. The Morgan fingerprint density at radius 3 is 2.82 bits per heavy atom. The van der Waals surface area contributed by atoms with Crippen molar-refractivity contribution < 1.29 is 9.53 Å². The maximum absolute atomic E-state index is 13.0. The van der Waals surface area contributed by atoms with Crippen molar-refractivity contribution in [2.24, 2.45) is 5.92 Å². The molecule has 0 bridgehead atoms. The molecule has 1 amide bonds. The van der Waals surface area contributed by atoms with Crippen LogP contribution in [0, 0.1) is 12.8 Å². The summed E-state index contributed by atoms with van der Waals surface area (Å²) in [4.78, 5) is 26.3. The lowest BCUT2D eigenvalue weighted by Gasteiger charge is -2.28. The Labute approximate surface area is 165 Å². The number of aromatic amines is 1. The molecule has 2 aliphatic rings. The molecule has 0 aliphatic carbocycles. The molecule has 8 nitrogen and oxygen atoms in total. The van der Waals surface area contributed by atoms with Crippen LogP contribution >= 0.6 is 0 Å². The maximum atomic E-state index is 13.0. The number of nitrogens with zero attached hydrogens (tertiary/aromatic N) is 5. The molecule has 0 saturated carbocycles. The highest BCUT2D eigenvalue weighted by molar-refractivity contribution is 5.79. The number of ether oxygens (including phenoxy) is 1. The van der Waals surface area contributed by atoms with Gasteiger partial charge < -0.3 is 9.64 Å². The number of nitrogens with one attached hydrogen (secondary N) is 1. The van der Waals surface area contributed by atoms with E-state index >= 15 is 0 Å². The van der Waals surface area contributed by atoms with Gasteiger partial charge in [0.1, 0.15) is 5.82 Å². The molecule has 0 aromatic carbocycles. The van der Waals surface area contributed by atoms with Crippen molar-refractivity contribution in [1.82, 2.24) is 30.0 Å². The van der Waals surface area contributed by atoms with E-state index in [1.54, 1.807) is 6.20 Å². The standard InChI is InChI=1S/C20H28N6O2/c1-15-22-19(24-23-15)18-4-8-25(20(27)17-5-11-28-12-6-17)9-10-26(18)14-16-3-2-7-21-13-16/h2-3,7,13,17-18H,4-6,8-12,14H2,1H3,(H,22,23,24). The van der Waals surface area contributed by atoms with Crippen molar-refractivity contribution in [2.45, 2.75) is 38.8 Å². The van der Waals surface area contributed by atoms with E-state index in [2.05, 4.69) is 31.1 Å². The Bertz CT molecular complexity index is 774. The fourth-order valence-electron chi connectivity index (χ4n) is 4.12. The molecule has 2 saturated heterocycles. The summed E-state index contributed by atoms with van der Waals surface area (Å²) in [5.74, 6) is 2.00. The molecule has 2 fully saturated rings. The number of H-pyrrole nitrogens is 1. The highest BCUT2D eigenvalue weighted by atomic mass is 16.5. The maximum Gasteiger partial charge on any atom is 0.225 e. The largest absolute Gasteiger partial charge is 0.381 e. The van der Waals surface area contributed by atoms with Crippen LogP contribution in [0.4, 0.5) is 0 Å². The molecule has 2 aromatic rings. The van der Waals surface area contributed by atoms with Gasteiger partial charge >= 0.3 is 0 Å². The number of rotatable bonds is 4. The first kappa shape index (κ1) is 19.0. The zero-order valence-corrected chi connectivity index (χ0v) is 16.4. The zero-order chi connectivity index (χ0) is 19.3. The first-order chi connectivity index (χ1) is 13.7. The fraction of sp³-hybridized carbons (Fsp3) is 0.600. The number of amides is 1. The second-order valence-electron chi connectivity index (χ2n) is 7.63. The first-order valence-electron chi connectivity index (χ1n) is 10.1. The van der Waals surface area contributed by atoms with Gasteiger partial charge in [-0.1, -0.05) is 6.07 Å². The molecule has 1 unspecified atom stereocenters. The van der Waals surface area contributed by atoms with Crippen molar-refractivity contribution in [2.75, 3.05) is 32.8 Å². The Hall–Kier alpha value is -2.32. The summed E-state index contributed by atoms with van der Waals surface area (Å²) >= 11 is 0. The van der Waals surface area contributed by atoms with Gasteiger partial charge in [-0.05, 0) is 37.8 Å². The summed E-state index contributed by atoms with van der Waals surface area (Å²) in [6, 6.07) is 4.13. The van der Waals surface area contributed by atoms with E-state index in [0.717, 1.165) is 62.7 Å². The van der Waals surface area contributed by atoms with Crippen LogP contribution < -0.4 is 0 Å². The van der Waals surface area contributed by atoms with Crippen LogP contribution in [-0.2, 0) is 16.1 Å². The molecule has 150 valence electrons. The molecule has 4 rings (SSSR count). The van der Waals surface area contributed by atoms with Crippen molar-refractivity contribution >= 4 is 5.91 Å². The quantitative estimate of drug-likeness (QED) is 0.864. The minimum atomic E-state index is 0.0812. The summed E-state index contributed by atoms with van der Waals surface area (Å²) < 4.78 is 5.42. The van der Waals surface area contributed by atoms with Gasteiger partial charge in [-0.25, -0.2) is 4.98 Å². The van der Waals surface area contributed by atoms with Crippen molar-refractivity contribution in [3.8, 4) is 0 Å². The molecule has 1 atom stereocenters. The Balaban J connectivity index is 1.50. The van der Waals surface area contributed by atoms with E-state index in [0.29, 0.717) is 13.2 Å². The van der Waals surface area contributed by atoms with Gasteiger partial charge in [0.15, 0.2) is 5.82 Å². The summed E-state index contributed by atoms with van der Waals surface area (Å²) in [6.07, 6.45) is 6.18. The van der Waals surface area contributed by atoms with Gasteiger partial charge in [-0.2, -0.15) is 5.10 Å². The minimum Gasteiger partial charge on any atom is -0.381 e. The van der Waals surface area contributed by atoms with E-state index < -0.39 is 0 Å². The summed E-state index contributed by atoms with van der Waals surface area (Å²) in [5.41, 5.74) is 1.16. The van der Waals surface area contributed by atoms with Gasteiger partial charge in [0.25, 0.3) is 0 Å². The Morgan fingerprint density at radius 2 is 2.11 bits per heavy atom. The van der Waals surface area contributed by atoms with Gasteiger partial charge in [0.2, 0.25) is 5.91 Å². The predicted molar refractivity (Wildman–Crippen MR) is 103 cm³/mol. The monoisotopic (exact) mass is 384 g/mol. The lowest BCUT2D eigenvalue weighted by Crippen LogP contribution is -2.40. The fourth-order valence-corrected chi connectivity index (χ4v) is 4.12. The van der Waals surface area contributed by atoms with Crippen molar-refractivity contribution in [3.63, 3.8) is 0 Å².